The van der Waals surface area contributed by atoms with E-state index < -0.39 is 256 Å². The van der Waals surface area contributed by atoms with E-state index in [9.17, 15) is 13.7 Å². The molecule has 0 aliphatic rings. The Morgan fingerprint density at radius 3 is 1.68 bits per heavy atom. The van der Waals surface area contributed by atoms with Gasteiger partial charge in [-0.05, 0) is 94.6 Å². The van der Waals surface area contributed by atoms with Gasteiger partial charge in [-0.15, -0.1) is 0 Å². The third kappa shape index (κ3) is 3.97. The Hall–Kier alpha value is -6.18. The minimum atomic E-state index is -1.09. The first-order valence-electron chi connectivity index (χ1n) is 27.5. The van der Waals surface area contributed by atoms with E-state index in [2.05, 4.69) is 0 Å². The van der Waals surface area contributed by atoms with E-state index in [-0.39, 0.29) is 5.39 Å². The lowest BCUT2D eigenvalue weighted by atomic mass is 9.85. The molecule has 0 amide bonds. The van der Waals surface area contributed by atoms with Crippen molar-refractivity contribution in [2.45, 2.75) is 0 Å². The molecule has 0 saturated heterocycles. The number of furan rings is 1. The maximum Gasteiger partial charge on any atom is 0.135 e. The average Bonchev–Trinajstić information content (AvgIpc) is 3.78. The predicted molar refractivity (Wildman–Crippen MR) is 200 cm³/mol. The van der Waals surface area contributed by atoms with Gasteiger partial charge in [0.25, 0.3) is 0 Å². The van der Waals surface area contributed by atoms with Gasteiger partial charge >= 0.3 is 0 Å². The van der Waals surface area contributed by atoms with Crippen LogP contribution >= 0.6 is 0 Å². The van der Waals surface area contributed by atoms with E-state index in [0.29, 0.717) is 0 Å². The lowest BCUT2D eigenvalue weighted by molar-refractivity contribution is 0.669. The number of hydrogen-bond acceptors (Lipinski definition) is 1. The first-order valence-corrected chi connectivity index (χ1v) is 14.0. The highest BCUT2D eigenvalue weighted by Gasteiger charge is 2.18. The molecule has 0 aliphatic heterocycles. The number of fused-ring (bicyclic) bond motifs is 8. The zero-order chi connectivity index (χ0) is 54.4. The largest absolute Gasteiger partial charge is 0.456 e. The smallest absolute Gasteiger partial charge is 0.135 e. The van der Waals surface area contributed by atoms with Gasteiger partial charge in [0.2, 0.25) is 0 Å². The number of para-hydroxylation sites is 1. The van der Waals surface area contributed by atoms with E-state index in [1.165, 1.54) is 0 Å². The van der Waals surface area contributed by atoms with Gasteiger partial charge in [0.05, 0.1) is 37.0 Å². The molecule has 47 heavy (non-hydrogen) atoms. The Bertz CT molecular complexity index is 4280. The van der Waals surface area contributed by atoms with Crippen molar-refractivity contribution in [3.8, 4) is 33.4 Å². The molecule has 10 aromatic rings. The van der Waals surface area contributed by atoms with E-state index in [1.807, 2.05) is 0 Å². The van der Waals surface area contributed by atoms with Gasteiger partial charge in [0.1, 0.15) is 11.2 Å². The summed E-state index contributed by atoms with van der Waals surface area (Å²) in [7, 11) is 0. The molecule has 0 atom stereocenters. The van der Waals surface area contributed by atoms with Crippen molar-refractivity contribution >= 4 is 65.0 Å². The molecule has 9 aromatic carbocycles. The quantitative estimate of drug-likeness (QED) is 0.141. The van der Waals surface area contributed by atoms with Crippen LogP contribution in [0.25, 0.3) is 98.4 Å². The molecule has 10 rings (SSSR count). The van der Waals surface area contributed by atoms with Crippen molar-refractivity contribution in [3.05, 3.63) is 169 Å². The second-order valence-electron chi connectivity index (χ2n) is 10.3. The fourth-order valence-electron chi connectivity index (χ4n) is 5.79. The number of benzene rings is 9. The molecule has 1 nitrogen and oxygen atoms in total. The van der Waals surface area contributed by atoms with Gasteiger partial charge in [-0.25, -0.2) is 0 Å². The Labute approximate surface area is 309 Å². The lowest BCUT2D eigenvalue weighted by Gasteiger charge is -2.18. The van der Waals surface area contributed by atoms with E-state index >= 15 is 0 Å². The van der Waals surface area contributed by atoms with Crippen molar-refractivity contribution < 1.29 is 41.4 Å². The Kier molecular flexibility index (Phi) is 2.37. The van der Waals surface area contributed by atoms with Crippen molar-refractivity contribution in [1.29, 1.82) is 0 Å². The summed E-state index contributed by atoms with van der Waals surface area (Å²) in [6, 6.07) is -22.6. The second-order valence-corrected chi connectivity index (χ2v) is 10.3. The predicted octanol–water partition coefficient (Wildman–Crippen LogP) is 13.2. The highest BCUT2D eigenvalue weighted by atomic mass is 16.3. The third-order valence-electron chi connectivity index (χ3n) is 7.81. The molecule has 0 fully saturated rings. The van der Waals surface area contributed by atoms with Gasteiger partial charge in [-0.1, -0.05) is 151 Å². The van der Waals surface area contributed by atoms with Gasteiger partial charge in [-0.3, -0.25) is 0 Å². The van der Waals surface area contributed by atoms with Gasteiger partial charge in [-0.2, -0.15) is 0 Å². The summed E-state index contributed by atoms with van der Waals surface area (Å²) in [6.45, 7) is 0. The SMILES string of the molecule is [2H]c1cc([2H])c2c(c1[2H])c([2H])c([2H])c1c(-c3c([2H])c([2H])c(-c4c5c([2H])c([2H])c([2H])c([2H])c5c(-c5c([2H])c([2H])c6oc7c([2H])c([2H])c([2H])c([2H])c7c6c5[2H])c5c([2H])c([2H])c([2H])c([2H])c45)c([2H])c3[2H])c([2H])c([2H])c([2H])c12. The third-order valence-corrected chi connectivity index (χ3v) is 7.81. The minimum absolute atomic E-state index is 0.344. The highest BCUT2D eigenvalue weighted by Crippen LogP contribution is 2.45. The summed E-state index contributed by atoms with van der Waals surface area (Å²) < 4.78 is 249. The van der Waals surface area contributed by atoms with Gasteiger partial charge in [0.15, 0.2) is 0 Å². The normalized spacial score (nSPS) is 19.9. The molecule has 0 N–H and O–H groups in total. The molecule has 0 bridgehead atoms. The molecule has 218 valence electrons. The molecular weight excluding hydrogens is 569 g/mol. The molecule has 1 aromatic heterocycles. The maximum atomic E-state index is 9.65. The molecule has 0 unspecified atom stereocenters. The van der Waals surface area contributed by atoms with Crippen molar-refractivity contribution in [2.75, 3.05) is 0 Å². The Balaban J connectivity index is 1.45. The zero-order valence-electron chi connectivity index (χ0n) is 50.5. The molecule has 1 heteroatoms. The minimum Gasteiger partial charge on any atom is -0.456 e. The Morgan fingerprint density at radius 1 is 0.340 bits per heavy atom. The van der Waals surface area contributed by atoms with Crippen LogP contribution in [-0.4, -0.2) is 0 Å². The topological polar surface area (TPSA) is 13.1 Å². The summed E-state index contributed by atoms with van der Waals surface area (Å²) >= 11 is 0. The first-order chi connectivity index (χ1) is 34.6. The van der Waals surface area contributed by atoms with Gasteiger partial charge in [0, 0.05) is 10.8 Å². The molecule has 0 aliphatic carbocycles. The summed E-state index contributed by atoms with van der Waals surface area (Å²) in [4.78, 5) is 0. The fourth-order valence-corrected chi connectivity index (χ4v) is 5.79. The van der Waals surface area contributed by atoms with Crippen LogP contribution < -0.4 is 0 Å². The number of rotatable bonds is 3. The van der Waals surface area contributed by atoms with Gasteiger partial charge < -0.3 is 4.42 Å². The van der Waals surface area contributed by atoms with Crippen LogP contribution in [0.4, 0.5) is 0 Å². The highest BCUT2D eigenvalue weighted by molar-refractivity contribution is 6.22. The molecule has 0 spiro atoms. The van der Waals surface area contributed by atoms with Crippen LogP contribution in [-0.2, 0) is 0 Å². The van der Waals surface area contributed by atoms with Crippen molar-refractivity contribution in [3.63, 3.8) is 0 Å². The number of hydrogen-bond donors (Lipinski definition) is 0. The maximum absolute atomic E-state index is 9.65. The lowest BCUT2D eigenvalue weighted by Crippen LogP contribution is -1.91. The van der Waals surface area contributed by atoms with Crippen molar-refractivity contribution in [1.82, 2.24) is 0 Å². The summed E-state index contributed by atoms with van der Waals surface area (Å²) in [6.07, 6.45) is 0. The van der Waals surface area contributed by atoms with Crippen LogP contribution in [0.5, 0.6) is 0 Å². The Morgan fingerprint density at radius 2 is 0.936 bits per heavy atom. The average molecular weight is 624 g/mol. The fraction of sp³-hybridized carbons (Fsp3) is 0. The van der Waals surface area contributed by atoms with Crippen LogP contribution in [0, 0.1) is 0 Å². The molecule has 1 heterocycles. The van der Waals surface area contributed by atoms with Crippen LogP contribution in [0.1, 0.15) is 37.0 Å². The first kappa shape index (κ1) is 11.0. The van der Waals surface area contributed by atoms with E-state index in [4.69, 9.17) is 27.7 Å². The standard InChI is InChI=1S/C46H28O/c1-2-11-33-29(10-1)24-26-36-34(17-9-18-35(33)36)30-20-22-31(23-21-30)45-38-13-3-5-15-40(38)46(41-16-6-4-14-39(41)45)32-25-27-44-42(28-32)37-12-7-8-19-43(37)47-44/h1-28H/i1D,3D,4D,5D,6D,7D,8D,9D,10D,11D,12D,13D,14D,15D,16D,17D,18D,19D,20D,21D,22D,23D,24D,25D,26D,27D,28D. The van der Waals surface area contributed by atoms with Crippen LogP contribution in [0.15, 0.2) is 174 Å². The van der Waals surface area contributed by atoms with Crippen molar-refractivity contribution in [2.24, 2.45) is 0 Å². The summed E-state index contributed by atoms with van der Waals surface area (Å²) in [5.74, 6) is 0. The van der Waals surface area contributed by atoms with E-state index in [1.54, 1.807) is 0 Å². The zero-order valence-corrected chi connectivity index (χ0v) is 23.5. The monoisotopic (exact) mass is 623 g/mol. The molecular formula is C46H28O. The van der Waals surface area contributed by atoms with Crippen LogP contribution in [0.2, 0.25) is 0 Å². The van der Waals surface area contributed by atoms with E-state index in [0.717, 1.165) is 6.07 Å². The molecule has 0 saturated carbocycles. The second kappa shape index (κ2) is 10.2. The van der Waals surface area contributed by atoms with Crippen LogP contribution in [0.3, 0.4) is 0 Å². The summed E-state index contributed by atoms with van der Waals surface area (Å²) in [5.41, 5.74) is -5.59. The molecule has 0 radical (unpaired) electrons. The summed E-state index contributed by atoms with van der Waals surface area (Å²) in [5, 5.41) is -5.55.